The Labute approximate surface area is 170 Å². The van der Waals surface area contributed by atoms with E-state index >= 15 is 0 Å². The summed E-state index contributed by atoms with van der Waals surface area (Å²) in [6.45, 7) is 7.23. The summed E-state index contributed by atoms with van der Waals surface area (Å²) in [4.78, 5) is 0. The summed E-state index contributed by atoms with van der Waals surface area (Å²) in [5, 5.41) is 42.2. The number of aliphatic hydroxyl groups excluding tert-OH is 4. The zero-order valence-corrected chi connectivity index (χ0v) is 18.1. The van der Waals surface area contributed by atoms with Crippen LogP contribution in [0.3, 0.4) is 0 Å². The number of hydrogen-bond donors (Lipinski definition) is 4. The Bertz CT molecular complexity index is 567. The van der Waals surface area contributed by atoms with Crippen molar-refractivity contribution in [3.05, 3.63) is 0 Å². The van der Waals surface area contributed by atoms with Gasteiger partial charge in [-0.2, -0.15) is 0 Å². The average Bonchev–Trinajstić information content (AvgIpc) is 3.01. The van der Waals surface area contributed by atoms with Gasteiger partial charge in [-0.1, -0.05) is 20.8 Å². The minimum atomic E-state index is -0.308. The summed E-state index contributed by atoms with van der Waals surface area (Å²) >= 11 is 0. The summed E-state index contributed by atoms with van der Waals surface area (Å²) in [6.07, 6.45) is 7.62. The van der Waals surface area contributed by atoms with E-state index in [1.54, 1.807) is 0 Å². The van der Waals surface area contributed by atoms with E-state index in [0.717, 1.165) is 57.8 Å². The molecule has 162 valence electrons. The van der Waals surface area contributed by atoms with Gasteiger partial charge >= 0.3 is 0 Å². The van der Waals surface area contributed by atoms with E-state index in [2.05, 4.69) is 20.8 Å². The molecule has 4 nitrogen and oxygen atoms in total. The first-order valence-electron chi connectivity index (χ1n) is 11.9. The molecule has 4 fully saturated rings. The van der Waals surface area contributed by atoms with Gasteiger partial charge in [-0.15, -0.1) is 0 Å². The molecule has 4 aliphatic rings. The first-order valence-corrected chi connectivity index (χ1v) is 11.9. The quantitative estimate of drug-likeness (QED) is 0.589. The standard InChI is InChI=1S/C24H42O4/c1-14(5-4-10-25)17-6-7-18-22-19(13-21(28)24(17,18)3)23(2)9-8-16(26)11-15(23)12-20(22)27/h14-22,25-28H,4-13H2,1-3H3/t14-,15-,16-,17?,18+,19?,20-,21+,22?,23+,24-/m1/s1. The maximum Gasteiger partial charge on any atom is 0.0602 e. The van der Waals surface area contributed by atoms with E-state index in [4.69, 9.17) is 0 Å². The van der Waals surface area contributed by atoms with Crippen molar-refractivity contribution in [3.63, 3.8) is 0 Å². The monoisotopic (exact) mass is 394 g/mol. The van der Waals surface area contributed by atoms with Crippen LogP contribution in [-0.4, -0.2) is 45.3 Å². The molecular weight excluding hydrogens is 352 g/mol. The van der Waals surface area contributed by atoms with Crippen molar-refractivity contribution < 1.29 is 20.4 Å². The summed E-state index contributed by atoms with van der Waals surface area (Å²) in [7, 11) is 0. The molecule has 0 heterocycles. The molecule has 0 saturated heterocycles. The number of aliphatic hydroxyl groups is 4. The van der Waals surface area contributed by atoms with E-state index in [9.17, 15) is 20.4 Å². The molecule has 0 radical (unpaired) electrons. The van der Waals surface area contributed by atoms with E-state index in [1.807, 2.05) is 0 Å². The molecule has 4 N–H and O–H groups in total. The van der Waals surface area contributed by atoms with Crippen molar-refractivity contribution >= 4 is 0 Å². The van der Waals surface area contributed by atoms with Gasteiger partial charge in [-0.05, 0) is 104 Å². The second-order valence-corrected chi connectivity index (χ2v) is 11.4. The molecule has 11 atom stereocenters. The lowest BCUT2D eigenvalue weighted by Gasteiger charge is -2.63. The van der Waals surface area contributed by atoms with Crippen LogP contribution in [0.1, 0.15) is 78.6 Å². The van der Waals surface area contributed by atoms with E-state index < -0.39 is 0 Å². The highest BCUT2D eigenvalue weighted by Crippen LogP contribution is 2.68. The second kappa shape index (κ2) is 7.51. The fourth-order valence-electron chi connectivity index (χ4n) is 8.75. The largest absolute Gasteiger partial charge is 0.396 e. The van der Waals surface area contributed by atoms with E-state index in [0.29, 0.717) is 35.5 Å². The summed E-state index contributed by atoms with van der Waals surface area (Å²) in [5.41, 5.74) is 0.0282. The Morgan fingerprint density at radius 3 is 2.43 bits per heavy atom. The highest BCUT2D eigenvalue weighted by Gasteiger charge is 2.65. The Morgan fingerprint density at radius 1 is 0.964 bits per heavy atom. The smallest absolute Gasteiger partial charge is 0.0602 e. The number of fused-ring (bicyclic) bond motifs is 5. The van der Waals surface area contributed by atoms with Gasteiger partial charge < -0.3 is 20.4 Å². The SMILES string of the molecule is C[C@H](CCCO)C1CC[C@H]2C3C(C[C@H](O)[C@]12C)[C@@]1(C)CC[C@@H](O)C[C@@H]1C[C@H]3O. The molecular formula is C24H42O4. The van der Waals surface area contributed by atoms with Crippen LogP contribution >= 0.6 is 0 Å². The second-order valence-electron chi connectivity index (χ2n) is 11.4. The normalized spacial score (nSPS) is 54.5. The molecule has 28 heavy (non-hydrogen) atoms. The van der Waals surface area contributed by atoms with Crippen molar-refractivity contribution in [2.75, 3.05) is 6.61 Å². The van der Waals surface area contributed by atoms with Crippen LogP contribution in [0.25, 0.3) is 0 Å². The molecule has 0 aromatic heterocycles. The predicted molar refractivity (Wildman–Crippen MR) is 109 cm³/mol. The zero-order chi connectivity index (χ0) is 20.3. The fourth-order valence-corrected chi connectivity index (χ4v) is 8.75. The summed E-state index contributed by atoms with van der Waals surface area (Å²) in [6, 6.07) is 0. The van der Waals surface area contributed by atoms with Crippen LogP contribution in [-0.2, 0) is 0 Å². The Morgan fingerprint density at radius 2 is 1.71 bits per heavy atom. The molecule has 0 aromatic carbocycles. The molecule has 0 aromatic rings. The van der Waals surface area contributed by atoms with Gasteiger partial charge in [0, 0.05) is 6.61 Å². The van der Waals surface area contributed by atoms with Gasteiger partial charge in [0.15, 0.2) is 0 Å². The maximum absolute atomic E-state index is 11.5. The third kappa shape index (κ3) is 3.01. The molecule has 0 bridgehead atoms. The topological polar surface area (TPSA) is 80.9 Å². The average molecular weight is 395 g/mol. The molecule has 4 rings (SSSR count). The van der Waals surface area contributed by atoms with Crippen molar-refractivity contribution in [1.29, 1.82) is 0 Å². The minimum Gasteiger partial charge on any atom is -0.396 e. The van der Waals surface area contributed by atoms with Gasteiger partial charge in [0.25, 0.3) is 0 Å². The zero-order valence-electron chi connectivity index (χ0n) is 18.1. The molecule has 4 heteroatoms. The van der Waals surface area contributed by atoms with Gasteiger partial charge in [-0.25, -0.2) is 0 Å². The van der Waals surface area contributed by atoms with Crippen LogP contribution in [0, 0.1) is 46.3 Å². The highest BCUT2D eigenvalue weighted by molar-refractivity contribution is 5.14. The van der Waals surface area contributed by atoms with Crippen LogP contribution in [0.15, 0.2) is 0 Å². The molecule has 0 aliphatic heterocycles. The Kier molecular flexibility index (Phi) is 5.66. The van der Waals surface area contributed by atoms with Gasteiger partial charge in [0.2, 0.25) is 0 Å². The van der Waals surface area contributed by atoms with Gasteiger partial charge in [-0.3, -0.25) is 0 Å². The fraction of sp³-hybridized carbons (Fsp3) is 1.00. The van der Waals surface area contributed by atoms with Crippen molar-refractivity contribution in [3.8, 4) is 0 Å². The van der Waals surface area contributed by atoms with Crippen molar-refractivity contribution in [2.24, 2.45) is 46.3 Å². The summed E-state index contributed by atoms with van der Waals surface area (Å²) in [5.74, 6) is 2.41. The van der Waals surface area contributed by atoms with Crippen molar-refractivity contribution in [1.82, 2.24) is 0 Å². The van der Waals surface area contributed by atoms with Crippen LogP contribution in [0.5, 0.6) is 0 Å². The van der Waals surface area contributed by atoms with Crippen LogP contribution in [0.4, 0.5) is 0 Å². The lowest BCUT2D eigenvalue weighted by Crippen LogP contribution is -2.62. The predicted octanol–water partition coefficient (Wildman–Crippen LogP) is 3.36. The van der Waals surface area contributed by atoms with Crippen molar-refractivity contribution in [2.45, 2.75) is 96.9 Å². The lowest BCUT2D eigenvalue weighted by molar-refractivity contribution is -0.207. The molecule has 4 saturated carbocycles. The molecule has 3 unspecified atom stereocenters. The lowest BCUT2D eigenvalue weighted by atomic mass is 9.43. The first-order chi connectivity index (χ1) is 13.2. The number of hydrogen-bond acceptors (Lipinski definition) is 4. The van der Waals surface area contributed by atoms with E-state index in [1.165, 1.54) is 0 Å². The van der Waals surface area contributed by atoms with E-state index in [-0.39, 0.29) is 35.7 Å². The third-order valence-electron chi connectivity index (χ3n) is 10.3. The Hall–Kier alpha value is -0.160. The Balaban J connectivity index is 1.62. The van der Waals surface area contributed by atoms with Crippen LogP contribution in [0.2, 0.25) is 0 Å². The summed E-state index contributed by atoms with van der Waals surface area (Å²) < 4.78 is 0. The minimum absolute atomic E-state index is 0.117. The molecule has 4 aliphatic carbocycles. The molecule has 0 spiro atoms. The van der Waals surface area contributed by atoms with Crippen LogP contribution < -0.4 is 0 Å². The highest BCUT2D eigenvalue weighted by atomic mass is 16.3. The maximum atomic E-state index is 11.5. The number of rotatable bonds is 4. The first kappa shape index (κ1) is 21.1. The molecule has 0 amide bonds. The third-order valence-corrected chi connectivity index (χ3v) is 10.3. The van der Waals surface area contributed by atoms with Gasteiger partial charge in [0.05, 0.1) is 18.3 Å². The van der Waals surface area contributed by atoms with Gasteiger partial charge in [0.1, 0.15) is 0 Å².